The molecule has 25 heavy (non-hydrogen) atoms. The molecule has 2 aromatic rings. The zero-order valence-electron chi connectivity index (χ0n) is 14.7. The van der Waals surface area contributed by atoms with Gasteiger partial charge in [-0.2, -0.15) is 0 Å². The minimum Gasteiger partial charge on any atom is -0.376 e. The third kappa shape index (κ3) is 5.03. The Balaban J connectivity index is 1.99. The van der Waals surface area contributed by atoms with Crippen LogP contribution in [0.4, 0.5) is 17.1 Å². The zero-order chi connectivity index (χ0) is 18.4. The van der Waals surface area contributed by atoms with E-state index in [9.17, 15) is 4.79 Å². The number of carbonyl (C=O) groups is 1. The van der Waals surface area contributed by atoms with Crippen molar-refractivity contribution < 1.29 is 4.79 Å². The number of benzene rings is 2. The van der Waals surface area contributed by atoms with Gasteiger partial charge in [0.25, 0.3) is 0 Å². The number of hydrogen-bond acceptors (Lipinski definition) is 3. The first-order valence-corrected chi connectivity index (χ1v) is 9.05. The van der Waals surface area contributed by atoms with Crippen molar-refractivity contribution >= 4 is 46.2 Å². The number of nitrogens with one attached hydrogen (secondary N) is 2. The third-order valence-corrected chi connectivity index (χ3v) is 4.82. The molecule has 0 spiro atoms. The van der Waals surface area contributed by atoms with Crippen molar-refractivity contribution in [1.29, 1.82) is 0 Å². The maximum Gasteiger partial charge on any atom is 0.243 e. The summed E-state index contributed by atoms with van der Waals surface area (Å²) in [5, 5.41) is 6.68. The molecule has 0 unspecified atom stereocenters. The van der Waals surface area contributed by atoms with E-state index in [1.165, 1.54) is 5.69 Å². The smallest absolute Gasteiger partial charge is 0.243 e. The molecule has 6 heteroatoms. The lowest BCUT2D eigenvalue weighted by molar-refractivity contribution is -0.114. The molecule has 0 saturated carbocycles. The number of carbonyl (C=O) groups excluding carboxylic acids is 1. The van der Waals surface area contributed by atoms with E-state index < -0.39 is 0 Å². The van der Waals surface area contributed by atoms with Crippen molar-refractivity contribution in [1.82, 2.24) is 0 Å². The van der Waals surface area contributed by atoms with Crippen molar-refractivity contribution in [2.24, 2.45) is 0 Å². The summed E-state index contributed by atoms with van der Waals surface area (Å²) in [6.45, 7) is 8.37. The minimum atomic E-state index is -0.184. The quantitative estimate of drug-likeness (QED) is 0.694. The summed E-state index contributed by atoms with van der Waals surface area (Å²) < 4.78 is 0. The van der Waals surface area contributed by atoms with Gasteiger partial charge in [-0.05, 0) is 56.7 Å². The molecule has 2 rings (SSSR count). The van der Waals surface area contributed by atoms with Crippen LogP contribution in [0.2, 0.25) is 10.0 Å². The third-order valence-electron chi connectivity index (χ3n) is 4.00. The fourth-order valence-electron chi connectivity index (χ4n) is 2.60. The first kappa shape index (κ1) is 19.4. The van der Waals surface area contributed by atoms with Crippen molar-refractivity contribution in [2.45, 2.75) is 20.8 Å². The summed E-state index contributed by atoms with van der Waals surface area (Å²) >= 11 is 12.0. The van der Waals surface area contributed by atoms with Gasteiger partial charge in [-0.25, -0.2) is 0 Å². The molecule has 0 atom stereocenters. The average molecular weight is 380 g/mol. The highest BCUT2D eigenvalue weighted by Gasteiger charge is 2.09. The summed E-state index contributed by atoms with van der Waals surface area (Å²) in [4.78, 5) is 14.4. The van der Waals surface area contributed by atoms with Crippen molar-refractivity contribution in [3.05, 3.63) is 52.0 Å². The SMILES string of the molecule is CCN(CC)c1ccc(NCC(=O)Nc2cccc(Cl)c2Cl)c(C)c1. The zero-order valence-corrected chi connectivity index (χ0v) is 16.2. The Bertz CT molecular complexity index is 745. The summed E-state index contributed by atoms with van der Waals surface area (Å²) in [5.74, 6) is -0.184. The molecule has 4 nitrogen and oxygen atoms in total. The Morgan fingerprint density at radius 1 is 1.08 bits per heavy atom. The van der Waals surface area contributed by atoms with Crippen LogP contribution in [0.1, 0.15) is 19.4 Å². The van der Waals surface area contributed by atoms with Crippen molar-refractivity contribution in [3.8, 4) is 0 Å². The molecule has 1 amide bonds. The van der Waals surface area contributed by atoms with Gasteiger partial charge in [0.1, 0.15) is 0 Å². The maximum atomic E-state index is 12.1. The molecule has 0 heterocycles. The normalized spacial score (nSPS) is 10.4. The van der Waals surface area contributed by atoms with Crippen LogP contribution in [-0.2, 0) is 4.79 Å². The Morgan fingerprint density at radius 3 is 2.44 bits per heavy atom. The van der Waals surface area contributed by atoms with E-state index in [0.717, 1.165) is 24.3 Å². The fraction of sp³-hybridized carbons (Fsp3) is 0.316. The number of rotatable bonds is 7. The molecule has 134 valence electrons. The predicted molar refractivity (Wildman–Crippen MR) is 108 cm³/mol. The monoisotopic (exact) mass is 379 g/mol. The highest BCUT2D eigenvalue weighted by Crippen LogP contribution is 2.29. The predicted octanol–water partition coefficient (Wildman–Crippen LogP) is 5.20. The Hall–Kier alpha value is -1.91. The number of aryl methyl sites for hydroxylation is 1. The van der Waals surface area contributed by atoms with Crippen LogP contribution in [0.3, 0.4) is 0 Å². The molecule has 0 aliphatic carbocycles. The van der Waals surface area contributed by atoms with Crippen LogP contribution in [0.25, 0.3) is 0 Å². The van der Waals surface area contributed by atoms with Crippen LogP contribution in [0.5, 0.6) is 0 Å². The average Bonchev–Trinajstić information content (AvgIpc) is 2.59. The van der Waals surface area contributed by atoms with E-state index in [-0.39, 0.29) is 12.5 Å². The van der Waals surface area contributed by atoms with Gasteiger partial charge in [0, 0.05) is 24.5 Å². The van der Waals surface area contributed by atoms with E-state index in [1.54, 1.807) is 18.2 Å². The molecular weight excluding hydrogens is 357 g/mol. The first-order chi connectivity index (χ1) is 12.0. The summed E-state index contributed by atoms with van der Waals surface area (Å²) in [5.41, 5.74) is 3.72. The number of hydrogen-bond donors (Lipinski definition) is 2. The van der Waals surface area contributed by atoms with E-state index in [0.29, 0.717) is 15.7 Å². The summed E-state index contributed by atoms with van der Waals surface area (Å²) in [6.07, 6.45) is 0. The van der Waals surface area contributed by atoms with Gasteiger partial charge < -0.3 is 15.5 Å². The highest BCUT2D eigenvalue weighted by molar-refractivity contribution is 6.44. The van der Waals surface area contributed by atoms with Gasteiger partial charge in [0.15, 0.2) is 0 Å². The molecule has 0 fully saturated rings. The van der Waals surface area contributed by atoms with Gasteiger partial charge >= 0.3 is 0 Å². The number of nitrogens with zero attached hydrogens (tertiary/aromatic N) is 1. The van der Waals surface area contributed by atoms with E-state index in [2.05, 4.69) is 41.5 Å². The molecule has 0 aliphatic rings. The molecular formula is C19H23Cl2N3O. The minimum absolute atomic E-state index is 0.147. The van der Waals surface area contributed by atoms with E-state index in [4.69, 9.17) is 23.2 Å². The molecule has 2 N–H and O–H groups in total. The summed E-state index contributed by atoms with van der Waals surface area (Å²) in [6, 6.07) is 11.3. The highest BCUT2D eigenvalue weighted by atomic mass is 35.5. The number of anilines is 3. The lowest BCUT2D eigenvalue weighted by Gasteiger charge is -2.22. The van der Waals surface area contributed by atoms with Gasteiger partial charge in [0.05, 0.1) is 22.3 Å². The van der Waals surface area contributed by atoms with Gasteiger partial charge in [-0.15, -0.1) is 0 Å². The number of amides is 1. The van der Waals surface area contributed by atoms with Crippen LogP contribution in [0, 0.1) is 6.92 Å². The molecule has 0 saturated heterocycles. The lowest BCUT2D eigenvalue weighted by Crippen LogP contribution is -2.23. The van der Waals surface area contributed by atoms with Crippen LogP contribution in [0.15, 0.2) is 36.4 Å². The molecule has 0 aliphatic heterocycles. The van der Waals surface area contributed by atoms with E-state index in [1.807, 2.05) is 13.0 Å². The largest absolute Gasteiger partial charge is 0.376 e. The second kappa shape index (κ2) is 8.97. The van der Waals surface area contributed by atoms with E-state index >= 15 is 0 Å². The maximum absolute atomic E-state index is 12.1. The second-order valence-electron chi connectivity index (χ2n) is 5.67. The Morgan fingerprint density at radius 2 is 1.80 bits per heavy atom. The van der Waals surface area contributed by atoms with Gasteiger partial charge in [-0.1, -0.05) is 29.3 Å². The Kier molecular flexibility index (Phi) is 6.97. The van der Waals surface area contributed by atoms with Crippen molar-refractivity contribution in [2.75, 3.05) is 35.2 Å². The van der Waals surface area contributed by atoms with Crippen LogP contribution >= 0.6 is 23.2 Å². The van der Waals surface area contributed by atoms with Crippen LogP contribution < -0.4 is 15.5 Å². The molecule has 0 bridgehead atoms. The van der Waals surface area contributed by atoms with Crippen LogP contribution in [-0.4, -0.2) is 25.5 Å². The molecule has 0 radical (unpaired) electrons. The molecule has 0 aromatic heterocycles. The molecule has 2 aromatic carbocycles. The standard InChI is InChI=1S/C19H23Cl2N3O/c1-4-24(5-2)14-9-10-16(13(3)11-14)22-12-18(25)23-17-8-6-7-15(20)19(17)21/h6-11,22H,4-5,12H2,1-3H3,(H,23,25). The second-order valence-corrected chi connectivity index (χ2v) is 6.46. The fourth-order valence-corrected chi connectivity index (χ4v) is 2.95. The number of halogens is 2. The van der Waals surface area contributed by atoms with Gasteiger partial charge in [-0.3, -0.25) is 4.79 Å². The summed E-state index contributed by atoms with van der Waals surface area (Å²) in [7, 11) is 0. The first-order valence-electron chi connectivity index (χ1n) is 8.29. The van der Waals surface area contributed by atoms with Gasteiger partial charge in [0.2, 0.25) is 5.91 Å². The van der Waals surface area contributed by atoms with Crippen molar-refractivity contribution in [3.63, 3.8) is 0 Å². The Labute approximate surface area is 159 Å². The topological polar surface area (TPSA) is 44.4 Å². The lowest BCUT2D eigenvalue weighted by atomic mass is 10.1.